The predicted octanol–water partition coefficient (Wildman–Crippen LogP) is 3.93. The highest BCUT2D eigenvalue weighted by atomic mass is 32.2. The zero-order chi connectivity index (χ0) is 29.5. The van der Waals surface area contributed by atoms with Gasteiger partial charge in [-0.1, -0.05) is 72.8 Å². The summed E-state index contributed by atoms with van der Waals surface area (Å²) in [5.41, 5.74) is 9.98. The summed E-state index contributed by atoms with van der Waals surface area (Å²) in [5, 5.41) is 2.55. The maximum absolute atomic E-state index is 13.0. The van der Waals surface area contributed by atoms with Gasteiger partial charge in [-0.15, -0.1) is 0 Å². The van der Waals surface area contributed by atoms with E-state index < -0.39 is 39.5 Å². The molecule has 0 radical (unpaired) electrons. The number of nitrogens with zero attached hydrogens (tertiary/aromatic N) is 1. The lowest BCUT2D eigenvalue weighted by atomic mass is 9.98. The van der Waals surface area contributed by atoms with Gasteiger partial charge in [-0.3, -0.25) is 9.59 Å². The summed E-state index contributed by atoms with van der Waals surface area (Å²) in [6, 6.07) is 21.3. The van der Waals surface area contributed by atoms with Crippen molar-refractivity contribution in [2.24, 2.45) is 5.73 Å². The van der Waals surface area contributed by atoms with Gasteiger partial charge in [-0.05, 0) is 54.2 Å². The van der Waals surface area contributed by atoms with Crippen LogP contribution in [0.3, 0.4) is 0 Å². The summed E-state index contributed by atoms with van der Waals surface area (Å²) < 4.78 is 32.5. The molecule has 212 valence electrons. The molecule has 41 heavy (non-hydrogen) atoms. The fourth-order valence-corrected chi connectivity index (χ4v) is 7.32. The van der Waals surface area contributed by atoms with E-state index in [0.29, 0.717) is 11.1 Å². The Balaban J connectivity index is 1.24. The number of primary amides is 1. The first kappa shape index (κ1) is 28.1. The number of carbonyl (C=O) groups excluding carboxylic acids is 3. The van der Waals surface area contributed by atoms with Crippen LogP contribution < -0.4 is 11.1 Å². The zero-order valence-electron chi connectivity index (χ0n) is 23.0. The van der Waals surface area contributed by atoms with Gasteiger partial charge in [0.2, 0.25) is 5.91 Å². The molecule has 2 aliphatic rings. The van der Waals surface area contributed by atoms with Crippen molar-refractivity contribution >= 4 is 32.8 Å². The second-order valence-electron chi connectivity index (χ2n) is 11.1. The summed E-state index contributed by atoms with van der Waals surface area (Å²) in [7, 11) is -4.01. The number of benzene rings is 3. The van der Waals surface area contributed by atoms with Gasteiger partial charge < -0.3 is 15.8 Å². The first-order chi connectivity index (χ1) is 19.4. The van der Waals surface area contributed by atoms with Crippen LogP contribution in [0.4, 0.5) is 4.79 Å². The van der Waals surface area contributed by atoms with Gasteiger partial charge in [0, 0.05) is 18.4 Å². The summed E-state index contributed by atoms with van der Waals surface area (Å²) in [5.74, 6) is -1.47. The van der Waals surface area contributed by atoms with Crippen LogP contribution in [-0.4, -0.2) is 48.8 Å². The molecule has 1 atom stereocenters. The standard InChI is InChI=1S/C31H31N3O6S/c1-31(2,3)34-28(35)17-27(41(34,38)39)20-14-12-19(13-15-20)16-26(29(32)36)33-30(37)40-18-25-23-10-6-4-8-21(23)22-9-5-7-11-24(22)25/h4-15,17,25-26H,16,18H2,1-3H3,(H2,32,36)(H,33,37). The minimum Gasteiger partial charge on any atom is -0.449 e. The summed E-state index contributed by atoms with van der Waals surface area (Å²) in [6.45, 7) is 5.04. The molecule has 1 unspecified atom stereocenters. The van der Waals surface area contributed by atoms with Crippen LogP contribution in [0.2, 0.25) is 0 Å². The van der Waals surface area contributed by atoms with Gasteiger partial charge in [0.15, 0.2) is 0 Å². The molecule has 1 aliphatic heterocycles. The number of amides is 3. The number of rotatable bonds is 7. The molecule has 3 aromatic carbocycles. The molecule has 9 nitrogen and oxygen atoms in total. The molecule has 0 fully saturated rings. The molecular formula is C31H31N3O6S. The Morgan fingerprint density at radius 3 is 2.02 bits per heavy atom. The van der Waals surface area contributed by atoms with Gasteiger partial charge >= 0.3 is 6.09 Å². The number of alkyl carbamates (subject to hydrolysis) is 1. The van der Waals surface area contributed by atoms with Crippen molar-refractivity contribution in [2.45, 2.75) is 44.7 Å². The lowest BCUT2D eigenvalue weighted by Crippen LogP contribution is -2.46. The zero-order valence-corrected chi connectivity index (χ0v) is 23.8. The minimum atomic E-state index is -4.01. The summed E-state index contributed by atoms with van der Waals surface area (Å²) in [4.78, 5) is 37.2. The second kappa shape index (κ2) is 10.5. The van der Waals surface area contributed by atoms with Crippen molar-refractivity contribution in [3.63, 3.8) is 0 Å². The monoisotopic (exact) mass is 573 g/mol. The van der Waals surface area contributed by atoms with Crippen LogP contribution in [0.1, 0.15) is 48.9 Å². The highest BCUT2D eigenvalue weighted by molar-refractivity contribution is 7.99. The molecule has 0 aromatic heterocycles. The van der Waals surface area contributed by atoms with Crippen molar-refractivity contribution in [3.8, 4) is 11.1 Å². The Morgan fingerprint density at radius 1 is 0.951 bits per heavy atom. The molecule has 10 heteroatoms. The quantitative estimate of drug-likeness (QED) is 0.440. The van der Waals surface area contributed by atoms with Gasteiger partial charge in [0.1, 0.15) is 17.6 Å². The molecule has 3 aromatic rings. The molecule has 0 saturated carbocycles. The highest BCUT2D eigenvalue weighted by Crippen LogP contribution is 2.44. The average molecular weight is 574 g/mol. The van der Waals surface area contributed by atoms with Gasteiger partial charge in [0.05, 0.1) is 5.54 Å². The topological polar surface area (TPSA) is 136 Å². The van der Waals surface area contributed by atoms with E-state index in [9.17, 15) is 22.8 Å². The second-order valence-corrected chi connectivity index (χ2v) is 12.9. The number of ether oxygens (including phenoxy) is 1. The first-order valence-corrected chi connectivity index (χ1v) is 14.6. The fraction of sp³-hybridized carbons (Fsp3) is 0.258. The van der Waals surface area contributed by atoms with Crippen molar-refractivity contribution in [2.75, 3.05) is 6.61 Å². The summed E-state index contributed by atoms with van der Waals surface area (Å²) >= 11 is 0. The maximum atomic E-state index is 13.0. The van der Waals surface area contributed by atoms with Gasteiger partial charge in [-0.2, -0.15) is 0 Å². The third-order valence-corrected chi connectivity index (χ3v) is 9.36. The minimum absolute atomic E-state index is 0.0681. The van der Waals surface area contributed by atoms with Crippen molar-refractivity contribution in [3.05, 3.63) is 101 Å². The number of nitrogens with one attached hydrogen (secondary N) is 1. The highest BCUT2D eigenvalue weighted by Gasteiger charge is 2.44. The Hall–Kier alpha value is -4.44. The first-order valence-electron chi connectivity index (χ1n) is 13.2. The molecule has 0 bridgehead atoms. The number of fused-ring (bicyclic) bond motifs is 3. The SMILES string of the molecule is CC(C)(C)N1C(=O)C=C(c2ccc(CC(NC(=O)OCC3c4ccccc4-c4ccccc43)C(N)=O)cc2)S1(=O)=O. The lowest BCUT2D eigenvalue weighted by Gasteiger charge is -2.30. The van der Waals surface area contributed by atoms with E-state index in [2.05, 4.69) is 5.32 Å². The van der Waals surface area contributed by atoms with Crippen LogP contribution in [0.5, 0.6) is 0 Å². The van der Waals surface area contributed by atoms with Crippen molar-refractivity contribution in [1.29, 1.82) is 0 Å². The molecular weight excluding hydrogens is 542 g/mol. The maximum Gasteiger partial charge on any atom is 0.407 e. The normalized spacial score (nSPS) is 16.5. The Labute approximate surface area is 239 Å². The Kier molecular flexibility index (Phi) is 7.21. The molecule has 5 rings (SSSR count). The van der Waals surface area contributed by atoms with Crippen LogP contribution in [-0.2, 0) is 30.8 Å². The van der Waals surface area contributed by atoms with Crippen molar-refractivity contribution in [1.82, 2.24) is 9.62 Å². The van der Waals surface area contributed by atoms with Crippen molar-refractivity contribution < 1.29 is 27.5 Å². The van der Waals surface area contributed by atoms with Crippen LogP contribution in [0.25, 0.3) is 16.0 Å². The summed E-state index contributed by atoms with van der Waals surface area (Å²) in [6.07, 6.45) is 0.411. The number of carbonyl (C=O) groups is 3. The predicted molar refractivity (Wildman–Crippen MR) is 155 cm³/mol. The number of hydrogen-bond donors (Lipinski definition) is 2. The van der Waals surface area contributed by atoms with E-state index in [4.69, 9.17) is 10.5 Å². The largest absolute Gasteiger partial charge is 0.449 e. The molecule has 3 N–H and O–H groups in total. The molecule has 3 amide bonds. The fourth-order valence-electron chi connectivity index (χ4n) is 5.43. The lowest BCUT2D eigenvalue weighted by molar-refractivity contribution is -0.124. The third-order valence-electron chi connectivity index (χ3n) is 7.24. The van der Waals surface area contributed by atoms with E-state index in [1.165, 1.54) is 0 Å². The Morgan fingerprint density at radius 2 is 1.51 bits per heavy atom. The third kappa shape index (κ3) is 5.35. The van der Waals surface area contributed by atoms with E-state index in [0.717, 1.165) is 32.6 Å². The van der Waals surface area contributed by atoms with E-state index in [1.54, 1.807) is 45.0 Å². The number of sulfonamides is 1. The number of nitrogens with two attached hydrogens (primary N) is 1. The van der Waals surface area contributed by atoms with E-state index in [1.807, 2.05) is 48.5 Å². The van der Waals surface area contributed by atoms with Crippen LogP contribution in [0.15, 0.2) is 78.9 Å². The van der Waals surface area contributed by atoms with E-state index >= 15 is 0 Å². The molecule has 0 spiro atoms. The molecule has 1 heterocycles. The smallest absolute Gasteiger partial charge is 0.407 e. The van der Waals surface area contributed by atoms with E-state index in [-0.39, 0.29) is 23.9 Å². The van der Waals surface area contributed by atoms with Crippen LogP contribution in [0, 0.1) is 0 Å². The van der Waals surface area contributed by atoms with Gasteiger partial charge in [-0.25, -0.2) is 17.5 Å². The van der Waals surface area contributed by atoms with Gasteiger partial charge in [0.25, 0.3) is 15.9 Å². The molecule has 0 saturated heterocycles. The number of hydrogen-bond acceptors (Lipinski definition) is 6. The molecule has 1 aliphatic carbocycles. The average Bonchev–Trinajstić information content (AvgIpc) is 3.37. The van der Waals surface area contributed by atoms with Crippen LogP contribution >= 0.6 is 0 Å². The Bertz CT molecular complexity index is 1630.